The molecule has 0 aliphatic heterocycles. The number of amides is 1. The third-order valence-corrected chi connectivity index (χ3v) is 5.42. The summed E-state index contributed by atoms with van der Waals surface area (Å²) in [6, 6.07) is 3.96. The largest absolute Gasteiger partial charge is 0.393 e. The molecule has 1 saturated carbocycles. The molecule has 5 nitrogen and oxygen atoms in total. The lowest BCUT2D eigenvalue weighted by Gasteiger charge is -2.38. The fraction of sp³-hybridized carbons (Fsp3) is 0.471. The van der Waals surface area contributed by atoms with Crippen LogP contribution in [-0.2, 0) is 6.42 Å². The average molecular weight is 331 g/mol. The molecular formula is C17H21N3O2S. The predicted octanol–water partition coefficient (Wildman–Crippen LogP) is 2.27. The molecule has 1 atom stereocenters. The Morgan fingerprint density at radius 2 is 2.09 bits per heavy atom. The normalized spacial score (nSPS) is 21.5. The fourth-order valence-electron chi connectivity index (χ4n) is 3.04. The Morgan fingerprint density at radius 1 is 1.39 bits per heavy atom. The van der Waals surface area contributed by atoms with E-state index in [9.17, 15) is 9.90 Å². The van der Waals surface area contributed by atoms with Crippen LogP contribution in [0.3, 0.4) is 0 Å². The van der Waals surface area contributed by atoms with E-state index in [4.69, 9.17) is 0 Å². The number of thiazole rings is 1. The van der Waals surface area contributed by atoms with E-state index >= 15 is 0 Å². The number of aliphatic hydroxyl groups excluding tert-OH is 1. The molecule has 2 aromatic heterocycles. The Labute approximate surface area is 139 Å². The topological polar surface area (TPSA) is 75.1 Å². The van der Waals surface area contributed by atoms with E-state index in [2.05, 4.69) is 15.3 Å². The first-order valence-electron chi connectivity index (χ1n) is 7.85. The Bertz CT molecular complexity index is 680. The summed E-state index contributed by atoms with van der Waals surface area (Å²) in [4.78, 5) is 21.6. The van der Waals surface area contributed by atoms with Gasteiger partial charge in [-0.25, -0.2) is 4.98 Å². The molecule has 0 spiro atoms. The number of aryl methyl sites for hydroxylation is 2. The van der Waals surface area contributed by atoms with Gasteiger partial charge in [-0.15, -0.1) is 11.3 Å². The van der Waals surface area contributed by atoms with Gasteiger partial charge in [-0.1, -0.05) is 0 Å². The maximum Gasteiger partial charge on any atom is 0.263 e. The zero-order chi connectivity index (χ0) is 16.4. The highest BCUT2D eigenvalue weighted by Gasteiger charge is 2.35. The number of aliphatic hydroxyl groups is 1. The standard InChI is InChI=1S/C17H21N3O2S/c1-10-16(23-11(2)19-10)17(22)20-15(13-8-14(21)9-13)7-12-3-5-18-6-4-12/h3-6,13-15,21H,7-9H2,1-2H3,(H,20,22)/t13?,14?,15-/m0/s1. The minimum absolute atomic E-state index is 0.0232. The fourth-order valence-corrected chi connectivity index (χ4v) is 3.87. The Balaban J connectivity index is 1.73. The number of nitrogens with zero attached hydrogens (tertiary/aromatic N) is 2. The highest BCUT2D eigenvalue weighted by Crippen LogP contribution is 2.32. The van der Waals surface area contributed by atoms with Gasteiger partial charge in [0.25, 0.3) is 5.91 Å². The van der Waals surface area contributed by atoms with Crippen molar-refractivity contribution in [2.75, 3.05) is 0 Å². The van der Waals surface area contributed by atoms with Gasteiger partial charge in [-0.3, -0.25) is 9.78 Å². The van der Waals surface area contributed by atoms with Gasteiger partial charge in [0.05, 0.1) is 16.8 Å². The van der Waals surface area contributed by atoms with E-state index in [1.807, 2.05) is 26.0 Å². The van der Waals surface area contributed by atoms with Gasteiger partial charge in [-0.05, 0) is 56.7 Å². The molecule has 0 saturated heterocycles. The number of carbonyl (C=O) groups is 1. The highest BCUT2D eigenvalue weighted by atomic mass is 32.1. The highest BCUT2D eigenvalue weighted by molar-refractivity contribution is 7.13. The zero-order valence-corrected chi connectivity index (χ0v) is 14.1. The molecule has 2 aromatic rings. The maximum absolute atomic E-state index is 12.6. The summed E-state index contributed by atoms with van der Waals surface area (Å²) in [6.45, 7) is 3.77. The summed E-state index contributed by atoms with van der Waals surface area (Å²) in [6.07, 6.45) is 5.54. The van der Waals surface area contributed by atoms with E-state index in [1.165, 1.54) is 11.3 Å². The van der Waals surface area contributed by atoms with Crippen molar-refractivity contribution in [2.45, 2.75) is 45.3 Å². The van der Waals surface area contributed by atoms with Crippen LogP contribution in [0.25, 0.3) is 0 Å². The van der Waals surface area contributed by atoms with Gasteiger partial charge in [0.15, 0.2) is 0 Å². The summed E-state index contributed by atoms with van der Waals surface area (Å²) in [7, 11) is 0. The zero-order valence-electron chi connectivity index (χ0n) is 13.3. The minimum atomic E-state index is -0.232. The molecular weight excluding hydrogens is 310 g/mol. The number of rotatable bonds is 5. The lowest BCUT2D eigenvalue weighted by molar-refractivity contribution is 0.0239. The van der Waals surface area contributed by atoms with Crippen LogP contribution in [0.2, 0.25) is 0 Å². The molecule has 2 N–H and O–H groups in total. The van der Waals surface area contributed by atoms with E-state index in [0.717, 1.165) is 35.5 Å². The van der Waals surface area contributed by atoms with Crippen LogP contribution in [0, 0.1) is 19.8 Å². The molecule has 0 aromatic carbocycles. The molecule has 0 bridgehead atoms. The van der Waals surface area contributed by atoms with Gasteiger partial charge >= 0.3 is 0 Å². The van der Waals surface area contributed by atoms with Crippen LogP contribution in [0.1, 0.15) is 38.8 Å². The Hall–Kier alpha value is -1.79. The molecule has 1 fully saturated rings. The maximum atomic E-state index is 12.6. The SMILES string of the molecule is Cc1nc(C)c(C(=O)N[C@@H](Cc2ccncc2)C2CC(O)C2)s1. The molecule has 122 valence electrons. The second-order valence-electron chi connectivity index (χ2n) is 6.17. The Kier molecular flexibility index (Phi) is 4.73. The summed E-state index contributed by atoms with van der Waals surface area (Å²) >= 11 is 1.43. The second kappa shape index (κ2) is 6.76. The first kappa shape index (κ1) is 16.1. The van der Waals surface area contributed by atoms with Gasteiger partial charge < -0.3 is 10.4 Å². The number of nitrogens with one attached hydrogen (secondary N) is 1. The molecule has 1 aliphatic carbocycles. The number of carbonyl (C=O) groups excluding carboxylic acids is 1. The van der Waals surface area contributed by atoms with Crippen molar-refractivity contribution in [3.8, 4) is 0 Å². The van der Waals surface area contributed by atoms with Crippen LogP contribution in [0.5, 0.6) is 0 Å². The molecule has 6 heteroatoms. The second-order valence-corrected chi connectivity index (χ2v) is 7.38. The van der Waals surface area contributed by atoms with Crippen molar-refractivity contribution in [1.29, 1.82) is 0 Å². The Morgan fingerprint density at radius 3 is 2.65 bits per heavy atom. The third kappa shape index (κ3) is 3.76. The van der Waals surface area contributed by atoms with Gasteiger partial charge in [0, 0.05) is 18.4 Å². The molecule has 1 aliphatic rings. The van der Waals surface area contributed by atoms with Crippen molar-refractivity contribution in [1.82, 2.24) is 15.3 Å². The molecule has 23 heavy (non-hydrogen) atoms. The molecule has 3 rings (SSSR count). The van der Waals surface area contributed by atoms with E-state index in [1.54, 1.807) is 12.4 Å². The van der Waals surface area contributed by atoms with E-state index < -0.39 is 0 Å². The van der Waals surface area contributed by atoms with Crippen LogP contribution in [0.15, 0.2) is 24.5 Å². The first-order chi connectivity index (χ1) is 11.0. The van der Waals surface area contributed by atoms with Crippen LogP contribution >= 0.6 is 11.3 Å². The quantitative estimate of drug-likeness (QED) is 0.881. The van der Waals surface area contributed by atoms with E-state index in [-0.39, 0.29) is 18.1 Å². The van der Waals surface area contributed by atoms with Crippen molar-refractivity contribution < 1.29 is 9.90 Å². The molecule has 0 unspecified atom stereocenters. The summed E-state index contributed by atoms with van der Waals surface area (Å²) in [5.41, 5.74) is 1.92. The summed E-state index contributed by atoms with van der Waals surface area (Å²) in [5.74, 6) is 0.255. The van der Waals surface area contributed by atoms with Gasteiger partial charge in [0.2, 0.25) is 0 Å². The number of aromatic nitrogens is 2. The lowest BCUT2D eigenvalue weighted by atomic mass is 9.75. The first-order valence-corrected chi connectivity index (χ1v) is 8.66. The van der Waals surface area contributed by atoms with Crippen molar-refractivity contribution in [2.24, 2.45) is 5.92 Å². The van der Waals surface area contributed by atoms with Crippen LogP contribution in [0.4, 0.5) is 0 Å². The van der Waals surface area contributed by atoms with Gasteiger partial charge in [-0.2, -0.15) is 0 Å². The van der Waals surface area contributed by atoms with E-state index in [0.29, 0.717) is 10.8 Å². The monoisotopic (exact) mass is 331 g/mol. The van der Waals surface area contributed by atoms with Crippen LogP contribution < -0.4 is 5.32 Å². The predicted molar refractivity (Wildman–Crippen MR) is 89.5 cm³/mol. The van der Waals surface area contributed by atoms with Crippen molar-refractivity contribution in [3.63, 3.8) is 0 Å². The summed E-state index contributed by atoms with van der Waals surface area (Å²) < 4.78 is 0. The van der Waals surface area contributed by atoms with Crippen molar-refractivity contribution in [3.05, 3.63) is 45.7 Å². The molecule has 2 heterocycles. The third-order valence-electron chi connectivity index (χ3n) is 4.35. The smallest absolute Gasteiger partial charge is 0.263 e. The number of pyridine rings is 1. The summed E-state index contributed by atoms with van der Waals surface area (Å²) in [5, 5.41) is 13.7. The number of hydrogen-bond donors (Lipinski definition) is 2. The molecule has 1 amide bonds. The molecule has 0 radical (unpaired) electrons. The van der Waals surface area contributed by atoms with Crippen molar-refractivity contribution >= 4 is 17.2 Å². The van der Waals surface area contributed by atoms with Crippen LogP contribution in [-0.4, -0.2) is 33.1 Å². The average Bonchev–Trinajstić information content (AvgIpc) is 2.83. The lowest BCUT2D eigenvalue weighted by Crippen LogP contribution is -2.48. The number of hydrogen-bond acceptors (Lipinski definition) is 5. The minimum Gasteiger partial charge on any atom is -0.393 e. The van der Waals surface area contributed by atoms with Gasteiger partial charge in [0.1, 0.15) is 4.88 Å².